The fraction of sp³-hybridized carbons (Fsp3) is 0.278. The summed E-state index contributed by atoms with van der Waals surface area (Å²) in [5.41, 5.74) is 3.74. The number of carbonyl (C=O) groups excluding carboxylic acids is 2. The fourth-order valence-electron chi connectivity index (χ4n) is 4.92. The van der Waals surface area contributed by atoms with Crippen molar-refractivity contribution < 1.29 is 18.0 Å². The number of hydrogen-bond donors (Lipinski definition) is 1. The molecule has 2 amide bonds. The molecule has 0 aliphatic carbocycles. The smallest absolute Gasteiger partial charge is 0.264 e. The van der Waals surface area contributed by atoms with Gasteiger partial charge in [0, 0.05) is 24.5 Å². The summed E-state index contributed by atoms with van der Waals surface area (Å²) < 4.78 is 29.4. The van der Waals surface area contributed by atoms with Crippen molar-refractivity contribution in [2.24, 2.45) is 5.92 Å². The molecule has 0 heterocycles. The number of carbonyl (C=O) groups is 2. The van der Waals surface area contributed by atoms with E-state index in [1.54, 1.807) is 48.5 Å². The number of nitrogens with zero attached hydrogens (tertiary/aromatic N) is 2. The van der Waals surface area contributed by atoms with Gasteiger partial charge in [0.15, 0.2) is 0 Å². The van der Waals surface area contributed by atoms with E-state index < -0.39 is 28.5 Å². The second-order valence-electron chi connectivity index (χ2n) is 11.6. The molecule has 45 heavy (non-hydrogen) atoms. The first-order valence-electron chi connectivity index (χ1n) is 15.0. The van der Waals surface area contributed by atoms with Crippen molar-refractivity contribution in [2.75, 3.05) is 17.4 Å². The highest BCUT2D eigenvalue weighted by Crippen LogP contribution is 2.27. The van der Waals surface area contributed by atoms with Crippen LogP contribution in [0, 0.1) is 19.8 Å². The van der Waals surface area contributed by atoms with E-state index in [0.717, 1.165) is 21.0 Å². The first-order chi connectivity index (χ1) is 21.5. The van der Waals surface area contributed by atoms with E-state index in [9.17, 15) is 18.0 Å². The first kappa shape index (κ1) is 33.7. The van der Waals surface area contributed by atoms with Gasteiger partial charge in [-0.1, -0.05) is 98.2 Å². The van der Waals surface area contributed by atoms with Crippen LogP contribution in [-0.2, 0) is 32.6 Å². The van der Waals surface area contributed by atoms with Crippen LogP contribution in [0.25, 0.3) is 0 Å². The van der Waals surface area contributed by atoms with Gasteiger partial charge < -0.3 is 10.2 Å². The van der Waals surface area contributed by atoms with Gasteiger partial charge in [-0.3, -0.25) is 13.9 Å². The Morgan fingerprint density at radius 1 is 0.822 bits per heavy atom. The second kappa shape index (κ2) is 15.2. The van der Waals surface area contributed by atoms with Gasteiger partial charge in [-0.2, -0.15) is 0 Å². The standard InChI is InChI=1S/C36H40ClN3O4S/c1-26(2)23-38-36(42)34(22-29-13-7-5-8-14-29)39(24-30-15-11-12-18-33(30)37)35(41)25-40(31-20-19-27(3)28(4)21-31)45(43,44)32-16-9-6-10-17-32/h5-21,26,34H,22-25H2,1-4H3,(H,38,42)/t34-/m1/s1. The summed E-state index contributed by atoms with van der Waals surface area (Å²) in [6.45, 7) is 7.74. The number of rotatable bonds is 13. The topological polar surface area (TPSA) is 86.8 Å². The van der Waals surface area contributed by atoms with Crippen LogP contribution in [-0.4, -0.2) is 44.3 Å². The molecule has 1 atom stereocenters. The van der Waals surface area contributed by atoms with Crippen LogP contribution in [0.5, 0.6) is 0 Å². The van der Waals surface area contributed by atoms with Crippen molar-refractivity contribution >= 4 is 39.1 Å². The highest BCUT2D eigenvalue weighted by Gasteiger charge is 2.35. The average Bonchev–Trinajstić information content (AvgIpc) is 3.03. The molecule has 4 aromatic rings. The van der Waals surface area contributed by atoms with E-state index in [4.69, 9.17) is 11.6 Å². The summed E-state index contributed by atoms with van der Waals surface area (Å²) in [5, 5.41) is 3.44. The molecule has 0 saturated carbocycles. The minimum absolute atomic E-state index is 0.0112. The Hall–Kier alpha value is -4.14. The third-order valence-electron chi connectivity index (χ3n) is 7.64. The molecule has 9 heteroatoms. The van der Waals surface area contributed by atoms with Gasteiger partial charge in [-0.05, 0) is 72.4 Å². The fourth-order valence-corrected chi connectivity index (χ4v) is 6.54. The molecule has 236 valence electrons. The van der Waals surface area contributed by atoms with E-state index in [2.05, 4.69) is 5.32 Å². The first-order valence-corrected chi connectivity index (χ1v) is 16.8. The third kappa shape index (κ3) is 8.74. The Bertz CT molecular complexity index is 1710. The molecule has 0 aliphatic heterocycles. The number of amides is 2. The second-order valence-corrected chi connectivity index (χ2v) is 13.8. The summed E-state index contributed by atoms with van der Waals surface area (Å²) in [4.78, 5) is 29.9. The molecule has 4 rings (SSSR count). The summed E-state index contributed by atoms with van der Waals surface area (Å²) in [5.74, 6) is -0.666. The maximum atomic E-state index is 14.5. The van der Waals surface area contributed by atoms with Crippen molar-refractivity contribution in [1.29, 1.82) is 0 Å². The number of nitrogens with one attached hydrogen (secondary N) is 1. The predicted octanol–water partition coefficient (Wildman–Crippen LogP) is 6.56. The normalized spacial score (nSPS) is 12.0. The Kier molecular flexibility index (Phi) is 11.4. The number of benzene rings is 4. The summed E-state index contributed by atoms with van der Waals surface area (Å²) in [6.07, 6.45) is 0.232. The van der Waals surface area contributed by atoms with E-state index in [1.165, 1.54) is 17.0 Å². The summed E-state index contributed by atoms with van der Waals surface area (Å²) >= 11 is 6.56. The molecule has 0 aromatic heterocycles. The van der Waals surface area contributed by atoms with Crippen LogP contribution >= 0.6 is 11.6 Å². The lowest BCUT2D eigenvalue weighted by Crippen LogP contribution is -2.53. The van der Waals surface area contributed by atoms with Crippen LogP contribution in [0.3, 0.4) is 0 Å². The lowest BCUT2D eigenvalue weighted by Gasteiger charge is -2.34. The van der Waals surface area contributed by atoms with E-state index in [-0.39, 0.29) is 29.7 Å². The van der Waals surface area contributed by atoms with E-state index >= 15 is 0 Å². The molecule has 0 spiro atoms. The monoisotopic (exact) mass is 645 g/mol. The Morgan fingerprint density at radius 2 is 1.44 bits per heavy atom. The van der Waals surface area contributed by atoms with Crippen molar-refractivity contribution in [3.8, 4) is 0 Å². The highest BCUT2D eigenvalue weighted by molar-refractivity contribution is 7.92. The van der Waals surface area contributed by atoms with Gasteiger partial charge in [-0.25, -0.2) is 8.42 Å². The lowest BCUT2D eigenvalue weighted by molar-refractivity contribution is -0.140. The molecule has 7 nitrogen and oxygen atoms in total. The van der Waals surface area contributed by atoms with Gasteiger partial charge in [0.2, 0.25) is 11.8 Å². The minimum Gasteiger partial charge on any atom is -0.354 e. The van der Waals surface area contributed by atoms with Crippen LogP contribution < -0.4 is 9.62 Å². The largest absolute Gasteiger partial charge is 0.354 e. The molecule has 0 radical (unpaired) electrons. The maximum absolute atomic E-state index is 14.5. The Morgan fingerprint density at radius 3 is 2.07 bits per heavy atom. The van der Waals surface area contributed by atoms with Gasteiger partial charge >= 0.3 is 0 Å². The molecule has 4 aromatic carbocycles. The Labute approximate surface area is 271 Å². The molecule has 0 fully saturated rings. The summed E-state index contributed by atoms with van der Waals surface area (Å²) in [6, 6.07) is 29.0. The van der Waals surface area contributed by atoms with Crippen molar-refractivity contribution in [3.63, 3.8) is 0 Å². The molecule has 0 bridgehead atoms. The van der Waals surface area contributed by atoms with Crippen molar-refractivity contribution in [1.82, 2.24) is 10.2 Å². The molecular formula is C36H40ClN3O4S. The van der Waals surface area contributed by atoms with Crippen LogP contribution in [0.4, 0.5) is 5.69 Å². The lowest BCUT2D eigenvalue weighted by atomic mass is 10.0. The van der Waals surface area contributed by atoms with Crippen LogP contribution in [0.2, 0.25) is 5.02 Å². The zero-order chi connectivity index (χ0) is 32.6. The van der Waals surface area contributed by atoms with Crippen molar-refractivity contribution in [3.05, 3.63) is 130 Å². The van der Waals surface area contributed by atoms with Crippen LogP contribution in [0.1, 0.15) is 36.1 Å². The molecule has 0 saturated heterocycles. The number of halogens is 1. The molecule has 0 aliphatic rings. The Balaban J connectivity index is 1.82. The summed E-state index contributed by atoms with van der Waals surface area (Å²) in [7, 11) is -4.16. The van der Waals surface area contributed by atoms with Gasteiger partial charge in [0.25, 0.3) is 10.0 Å². The molecule has 1 N–H and O–H groups in total. The minimum atomic E-state index is -4.16. The average molecular weight is 646 g/mol. The number of anilines is 1. The maximum Gasteiger partial charge on any atom is 0.264 e. The number of hydrogen-bond acceptors (Lipinski definition) is 4. The number of aryl methyl sites for hydroxylation is 2. The molecular weight excluding hydrogens is 606 g/mol. The van der Waals surface area contributed by atoms with Gasteiger partial charge in [0.1, 0.15) is 12.6 Å². The van der Waals surface area contributed by atoms with Crippen molar-refractivity contribution in [2.45, 2.75) is 51.6 Å². The van der Waals surface area contributed by atoms with E-state index in [1.807, 2.05) is 70.2 Å². The van der Waals surface area contributed by atoms with Gasteiger partial charge in [0.05, 0.1) is 10.6 Å². The number of sulfonamides is 1. The van der Waals surface area contributed by atoms with Gasteiger partial charge in [-0.15, -0.1) is 0 Å². The quantitative estimate of drug-likeness (QED) is 0.178. The SMILES string of the molecule is Cc1ccc(N(CC(=O)N(Cc2ccccc2Cl)[C@H](Cc2ccccc2)C(=O)NCC(C)C)S(=O)(=O)c2ccccc2)cc1C. The zero-order valence-corrected chi connectivity index (χ0v) is 27.7. The molecule has 0 unspecified atom stereocenters. The highest BCUT2D eigenvalue weighted by atomic mass is 35.5. The van der Waals surface area contributed by atoms with E-state index in [0.29, 0.717) is 22.8 Å². The third-order valence-corrected chi connectivity index (χ3v) is 9.80. The zero-order valence-electron chi connectivity index (χ0n) is 26.1. The van der Waals surface area contributed by atoms with Crippen LogP contribution in [0.15, 0.2) is 108 Å². The predicted molar refractivity (Wildman–Crippen MR) is 181 cm³/mol.